The quantitative estimate of drug-likeness (QED) is 0.330. The lowest BCUT2D eigenvalue weighted by atomic mass is 9.78. The van der Waals surface area contributed by atoms with Gasteiger partial charge in [0.2, 0.25) is 0 Å². The van der Waals surface area contributed by atoms with E-state index in [4.69, 9.17) is 14.2 Å². The molecule has 0 bridgehead atoms. The van der Waals surface area contributed by atoms with Gasteiger partial charge in [0.15, 0.2) is 5.41 Å². The number of phenols is 1. The standard InChI is InChI=1S/C18H22O7/c1-13(19)25-11-5-4-10-18(16(21)23-2,17(22)24-3)12-14-6-8-15(20)9-7-14/h4-9,20H,10-12H2,1-3H3/b5-4+. The minimum absolute atomic E-state index is 0.00842. The second kappa shape index (κ2) is 9.46. The molecule has 0 atom stereocenters. The summed E-state index contributed by atoms with van der Waals surface area (Å²) in [7, 11) is 2.39. The highest BCUT2D eigenvalue weighted by Crippen LogP contribution is 2.32. The van der Waals surface area contributed by atoms with Crippen molar-refractivity contribution < 1.29 is 33.7 Å². The van der Waals surface area contributed by atoms with Gasteiger partial charge in [0.05, 0.1) is 14.2 Å². The number of hydrogen-bond acceptors (Lipinski definition) is 7. The zero-order valence-electron chi connectivity index (χ0n) is 14.5. The Bertz CT molecular complexity index is 615. The van der Waals surface area contributed by atoms with E-state index < -0.39 is 23.3 Å². The number of carbonyl (C=O) groups is 3. The number of phenolic OH excluding ortho intramolecular Hbond substituents is 1. The van der Waals surface area contributed by atoms with E-state index in [2.05, 4.69) is 0 Å². The van der Waals surface area contributed by atoms with Crippen LogP contribution >= 0.6 is 0 Å². The fraction of sp³-hybridized carbons (Fsp3) is 0.389. The molecule has 0 spiro atoms. The lowest BCUT2D eigenvalue weighted by Crippen LogP contribution is -2.43. The fourth-order valence-corrected chi connectivity index (χ4v) is 2.34. The van der Waals surface area contributed by atoms with Crippen LogP contribution in [0.5, 0.6) is 5.75 Å². The van der Waals surface area contributed by atoms with Crippen LogP contribution < -0.4 is 0 Å². The molecule has 0 heterocycles. The van der Waals surface area contributed by atoms with E-state index in [-0.39, 0.29) is 25.2 Å². The highest BCUT2D eigenvalue weighted by atomic mass is 16.5. The van der Waals surface area contributed by atoms with Crippen molar-refractivity contribution >= 4 is 17.9 Å². The Morgan fingerprint density at radius 2 is 1.60 bits per heavy atom. The molecule has 7 heteroatoms. The molecule has 0 saturated carbocycles. The van der Waals surface area contributed by atoms with E-state index >= 15 is 0 Å². The average Bonchev–Trinajstić information content (AvgIpc) is 2.60. The number of benzene rings is 1. The molecule has 1 aromatic carbocycles. The molecule has 136 valence electrons. The predicted molar refractivity (Wildman–Crippen MR) is 88.7 cm³/mol. The van der Waals surface area contributed by atoms with Gasteiger partial charge in [-0.1, -0.05) is 24.3 Å². The van der Waals surface area contributed by atoms with Crippen molar-refractivity contribution in [2.75, 3.05) is 20.8 Å². The summed E-state index contributed by atoms with van der Waals surface area (Å²) in [6.07, 6.45) is 3.15. The summed E-state index contributed by atoms with van der Waals surface area (Å²) in [5.74, 6) is -1.82. The van der Waals surface area contributed by atoms with Gasteiger partial charge in [-0.2, -0.15) is 0 Å². The van der Waals surface area contributed by atoms with Crippen molar-refractivity contribution in [2.45, 2.75) is 19.8 Å². The fourth-order valence-electron chi connectivity index (χ4n) is 2.34. The maximum absolute atomic E-state index is 12.4. The van der Waals surface area contributed by atoms with E-state index in [1.807, 2.05) is 0 Å². The summed E-state index contributed by atoms with van der Waals surface area (Å²) in [6.45, 7) is 1.32. The first kappa shape index (κ1) is 20.2. The van der Waals surface area contributed by atoms with Crippen molar-refractivity contribution in [3.63, 3.8) is 0 Å². The van der Waals surface area contributed by atoms with Gasteiger partial charge in [-0.25, -0.2) is 0 Å². The number of methoxy groups -OCH3 is 2. The Morgan fingerprint density at radius 3 is 2.08 bits per heavy atom. The largest absolute Gasteiger partial charge is 0.508 e. The van der Waals surface area contributed by atoms with Crippen LogP contribution in [-0.2, 0) is 35.0 Å². The van der Waals surface area contributed by atoms with Gasteiger partial charge in [-0.05, 0) is 30.5 Å². The molecule has 0 radical (unpaired) electrons. The normalized spacial score (nSPS) is 11.2. The van der Waals surface area contributed by atoms with Crippen molar-refractivity contribution in [3.8, 4) is 5.75 Å². The SMILES string of the molecule is COC(=O)C(C/C=C/COC(C)=O)(Cc1ccc(O)cc1)C(=O)OC. The molecule has 0 amide bonds. The maximum Gasteiger partial charge on any atom is 0.323 e. The van der Waals surface area contributed by atoms with Crippen LogP contribution in [0.1, 0.15) is 18.9 Å². The minimum atomic E-state index is -1.58. The molecular formula is C18H22O7. The van der Waals surface area contributed by atoms with Gasteiger partial charge in [0, 0.05) is 6.92 Å². The molecule has 0 aromatic heterocycles. The van der Waals surface area contributed by atoms with Gasteiger partial charge in [0.1, 0.15) is 12.4 Å². The van der Waals surface area contributed by atoms with Crippen LogP contribution in [0.15, 0.2) is 36.4 Å². The molecule has 1 aromatic rings. The molecular weight excluding hydrogens is 328 g/mol. The Kier molecular flexibility index (Phi) is 7.65. The molecule has 0 saturated heterocycles. The van der Waals surface area contributed by atoms with Crippen LogP contribution in [0.3, 0.4) is 0 Å². The first-order chi connectivity index (χ1) is 11.9. The molecule has 0 fully saturated rings. The molecule has 7 nitrogen and oxygen atoms in total. The zero-order chi connectivity index (χ0) is 18.9. The van der Waals surface area contributed by atoms with Gasteiger partial charge in [0.25, 0.3) is 0 Å². The van der Waals surface area contributed by atoms with Crippen LogP contribution in [-0.4, -0.2) is 43.8 Å². The monoisotopic (exact) mass is 350 g/mol. The number of rotatable bonds is 8. The van der Waals surface area contributed by atoms with E-state index in [0.717, 1.165) is 0 Å². The Hall–Kier alpha value is -2.83. The molecule has 0 aliphatic heterocycles. The summed E-state index contributed by atoms with van der Waals surface area (Å²) < 4.78 is 14.4. The van der Waals surface area contributed by atoms with Gasteiger partial charge >= 0.3 is 17.9 Å². The first-order valence-electron chi connectivity index (χ1n) is 7.59. The van der Waals surface area contributed by atoms with Crippen molar-refractivity contribution in [3.05, 3.63) is 42.0 Å². The van der Waals surface area contributed by atoms with Crippen LogP contribution in [0.2, 0.25) is 0 Å². The number of carbonyl (C=O) groups excluding carboxylic acids is 3. The smallest absolute Gasteiger partial charge is 0.323 e. The number of hydrogen-bond donors (Lipinski definition) is 1. The third-order valence-electron chi connectivity index (χ3n) is 3.61. The third kappa shape index (κ3) is 5.63. The number of ether oxygens (including phenoxy) is 3. The highest BCUT2D eigenvalue weighted by molar-refractivity contribution is 6.00. The van der Waals surface area contributed by atoms with E-state index in [1.165, 1.54) is 33.3 Å². The molecule has 1 rings (SSSR count). The van der Waals surface area contributed by atoms with Crippen molar-refractivity contribution in [1.29, 1.82) is 0 Å². The minimum Gasteiger partial charge on any atom is -0.508 e. The molecule has 0 unspecified atom stereocenters. The zero-order valence-corrected chi connectivity index (χ0v) is 14.5. The molecule has 25 heavy (non-hydrogen) atoms. The predicted octanol–water partition coefficient (Wildman–Crippen LogP) is 1.78. The second-order valence-electron chi connectivity index (χ2n) is 5.39. The van der Waals surface area contributed by atoms with E-state index in [9.17, 15) is 19.5 Å². The summed E-state index contributed by atoms with van der Waals surface area (Å²) in [6, 6.07) is 6.15. The van der Waals surface area contributed by atoms with Crippen molar-refractivity contribution in [1.82, 2.24) is 0 Å². The van der Waals surface area contributed by atoms with E-state index in [0.29, 0.717) is 5.56 Å². The Balaban J connectivity index is 3.09. The lowest BCUT2D eigenvalue weighted by molar-refractivity contribution is -0.169. The van der Waals surface area contributed by atoms with Gasteiger partial charge < -0.3 is 19.3 Å². The van der Waals surface area contributed by atoms with Gasteiger partial charge in [-0.15, -0.1) is 0 Å². The Morgan fingerprint density at radius 1 is 1.04 bits per heavy atom. The Labute approximate surface area is 146 Å². The molecule has 1 N–H and O–H groups in total. The third-order valence-corrected chi connectivity index (χ3v) is 3.61. The molecule has 0 aliphatic carbocycles. The maximum atomic E-state index is 12.4. The van der Waals surface area contributed by atoms with Crippen LogP contribution in [0, 0.1) is 5.41 Å². The topological polar surface area (TPSA) is 99.1 Å². The summed E-state index contributed by atoms with van der Waals surface area (Å²) in [5.41, 5.74) is -0.922. The van der Waals surface area contributed by atoms with Crippen LogP contribution in [0.25, 0.3) is 0 Å². The first-order valence-corrected chi connectivity index (χ1v) is 7.59. The van der Waals surface area contributed by atoms with Crippen LogP contribution in [0.4, 0.5) is 0 Å². The number of allylic oxidation sites excluding steroid dienone is 1. The summed E-state index contributed by atoms with van der Waals surface area (Å²) in [4.78, 5) is 35.5. The molecule has 0 aliphatic rings. The lowest BCUT2D eigenvalue weighted by Gasteiger charge is -2.27. The number of esters is 3. The van der Waals surface area contributed by atoms with E-state index in [1.54, 1.807) is 24.3 Å². The second-order valence-corrected chi connectivity index (χ2v) is 5.39. The average molecular weight is 350 g/mol. The highest BCUT2D eigenvalue weighted by Gasteiger charge is 2.47. The van der Waals surface area contributed by atoms with Crippen molar-refractivity contribution in [2.24, 2.45) is 5.41 Å². The summed E-state index contributed by atoms with van der Waals surface area (Å²) in [5, 5.41) is 9.38. The number of aromatic hydroxyl groups is 1. The summed E-state index contributed by atoms with van der Waals surface area (Å²) >= 11 is 0. The van der Waals surface area contributed by atoms with Gasteiger partial charge in [-0.3, -0.25) is 14.4 Å².